The van der Waals surface area contributed by atoms with E-state index in [0.717, 1.165) is 13.1 Å². The number of hydrogen-bond acceptors (Lipinski definition) is 1. The Bertz CT molecular complexity index is 595. The Hall–Kier alpha value is -1.42. The van der Waals surface area contributed by atoms with Gasteiger partial charge in [-0.25, -0.2) is 8.78 Å². The van der Waals surface area contributed by atoms with Crippen molar-refractivity contribution in [2.45, 2.75) is 5.92 Å². The fourth-order valence-corrected chi connectivity index (χ4v) is 2.68. The average molecular weight is 324 g/mol. The maximum atomic E-state index is 13.8. The third-order valence-corrected chi connectivity index (χ3v) is 4.09. The maximum Gasteiger partial charge on any atom is 0.147 e. The Morgan fingerprint density at radius 3 is 2.37 bits per heavy atom. The van der Waals surface area contributed by atoms with E-state index in [1.54, 1.807) is 0 Å². The van der Waals surface area contributed by atoms with E-state index in [9.17, 15) is 8.78 Å². The summed E-state index contributed by atoms with van der Waals surface area (Å²) in [5, 5.41) is 0. The monoisotopic (exact) mass is 323 g/mol. The Morgan fingerprint density at radius 2 is 1.68 bits per heavy atom. The number of benzene rings is 2. The van der Waals surface area contributed by atoms with E-state index in [-0.39, 0.29) is 10.3 Å². The summed E-state index contributed by atoms with van der Waals surface area (Å²) in [5.41, 5.74) is 1.59. The van der Waals surface area contributed by atoms with Crippen LogP contribution in [0.4, 0.5) is 14.5 Å². The molecule has 0 aromatic heterocycles. The maximum absolute atomic E-state index is 13.8. The second kappa shape index (κ2) is 4.93. The first-order valence-corrected chi connectivity index (χ1v) is 6.89. The van der Waals surface area contributed by atoms with Crippen LogP contribution in [-0.4, -0.2) is 13.1 Å². The second-order valence-corrected chi connectivity index (χ2v) is 5.58. The minimum atomic E-state index is -0.431. The molecule has 0 saturated carbocycles. The van der Waals surface area contributed by atoms with Crippen molar-refractivity contribution in [3.8, 4) is 0 Å². The van der Waals surface area contributed by atoms with Crippen LogP contribution in [-0.2, 0) is 0 Å². The van der Waals surface area contributed by atoms with Gasteiger partial charge in [0.2, 0.25) is 0 Å². The molecule has 0 aliphatic carbocycles. The molecular weight excluding hydrogens is 312 g/mol. The first-order chi connectivity index (χ1) is 9.15. The molecule has 2 aromatic rings. The zero-order chi connectivity index (χ0) is 13.4. The molecule has 0 atom stereocenters. The fraction of sp³-hybridized carbons (Fsp3) is 0.200. The average Bonchev–Trinajstić information content (AvgIpc) is 2.35. The summed E-state index contributed by atoms with van der Waals surface area (Å²) in [4.78, 5) is 1.86. The van der Waals surface area contributed by atoms with E-state index >= 15 is 0 Å². The van der Waals surface area contributed by atoms with Crippen molar-refractivity contribution in [1.29, 1.82) is 0 Å². The standard InChI is InChI=1S/C15H12BrF2N/c16-12-6-14(18)15(7-13(12)17)19-8-11(9-19)10-4-2-1-3-5-10/h1-7,11H,8-9H2. The summed E-state index contributed by atoms with van der Waals surface area (Å²) >= 11 is 2.98. The highest BCUT2D eigenvalue weighted by Crippen LogP contribution is 2.34. The van der Waals surface area contributed by atoms with Gasteiger partial charge in [-0.3, -0.25) is 0 Å². The quantitative estimate of drug-likeness (QED) is 0.743. The number of halogens is 3. The van der Waals surface area contributed by atoms with Crippen LogP contribution in [0.15, 0.2) is 46.9 Å². The molecule has 0 radical (unpaired) electrons. The van der Waals surface area contributed by atoms with Crippen molar-refractivity contribution in [1.82, 2.24) is 0 Å². The van der Waals surface area contributed by atoms with E-state index in [1.165, 1.54) is 17.7 Å². The largest absolute Gasteiger partial charge is 0.368 e. The lowest BCUT2D eigenvalue weighted by Gasteiger charge is -2.41. The molecule has 1 nitrogen and oxygen atoms in total. The number of anilines is 1. The SMILES string of the molecule is Fc1cc(N2CC(c3ccccc3)C2)c(F)cc1Br. The van der Waals surface area contributed by atoms with Crippen LogP contribution in [0.3, 0.4) is 0 Å². The molecular formula is C15H12BrF2N. The van der Waals surface area contributed by atoms with Gasteiger partial charge >= 0.3 is 0 Å². The predicted molar refractivity (Wildman–Crippen MR) is 75.5 cm³/mol. The van der Waals surface area contributed by atoms with Crippen molar-refractivity contribution in [2.75, 3.05) is 18.0 Å². The molecule has 0 unspecified atom stereocenters. The van der Waals surface area contributed by atoms with Gasteiger partial charge in [0, 0.05) is 25.1 Å². The lowest BCUT2D eigenvalue weighted by atomic mass is 9.91. The Morgan fingerprint density at radius 1 is 1.00 bits per heavy atom. The van der Waals surface area contributed by atoms with Crippen molar-refractivity contribution in [2.24, 2.45) is 0 Å². The van der Waals surface area contributed by atoms with Crippen LogP contribution in [0.2, 0.25) is 0 Å². The highest BCUT2D eigenvalue weighted by Gasteiger charge is 2.30. The van der Waals surface area contributed by atoms with Gasteiger partial charge in [-0.1, -0.05) is 30.3 Å². The third-order valence-electron chi connectivity index (χ3n) is 3.48. The smallest absolute Gasteiger partial charge is 0.147 e. The molecule has 2 aromatic carbocycles. The molecule has 19 heavy (non-hydrogen) atoms. The van der Waals surface area contributed by atoms with E-state index in [4.69, 9.17) is 0 Å². The van der Waals surface area contributed by atoms with E-state index in [2.05, 4.69) is 28.1 Å². The van der Waals surface area contributed by atoms with Crippen LogP contribution in [0, 0.1) is 11.6 Å². The zero-order valence-electron chi connectivity index (χ0n) is 10.1. The zero-order valence-corrected chi connectivity index (χ0v) is 11.7. The molecule has 1 heterocycles. The first-order valence-electron chi connectivity index (χ1n) is 6.09. The summed E-state index contributed by atoms with van der Waals surface area (Å²) in [6, 6.07) is 12.5. The third kappa shape index (κ3) is 2.37. The lowest BCUT2D eigenvalue weighted by molar-refractivity contribution is 0.505. The Balaban J connectivity index is 1.76. The second-order valence-electron chi connectivity index (χ2n) is 4.73. The van der Waals surface area contributed by atoms with Gasteiger partial charge < -0.3 is 4.90 Å². The highest BCUT2D eigenvalue weighted by molar-refractivity contribution is 9.10. The highest BCUT2D eigenvalue weighted by atomic mass is 79.9. The summed E-state index contributed by atoms with van der Waals surface area (Å²) in [5.74, 6) is -0.424. The summed E-state index contributed by atoms with van der Waals surface area (Å²) in [6.07, 6.45) is 0. The lowest BCUT2D eigenvalue weighted by Crippen LogP contribution is -2.45. The van der Waals surface area contributed by atoms with Crippen molar-refractivity contribution >= 4 is 21.6 Å². The molecule has 0 spiro atoms. The number of hydrogen-bond donors (Lipinski definition) is 0. The summed E-state index contributed by atoms with van der Waals surface area (Å²) in [6.45, 7) is 1.45. The normalized spacial score (nSPS) is 15.4. The van der Waals surface area contributed by atoms with Crippen molar-refractivity contribution < 1.29 is 8.78 Å². The molecule has 1 aliphatic heterocycles. The van der Waals surface area contributed by atoms with Crippen LogP contribution < -0.4 is 4.90 Å². The first kappa shape index (κ1) is 12.6. The van der Waals surface area contributed by atoms with Gasteiger partial charge in [0.15, 0.2) is 0 Å². The molecule has 4 heteroatoms. The fourth-order valence-electron chi connectivity index (χ4n) is 2.37. The minimum absolute atomic E-state index is 0.161. The summed E-state index contributed by atoms with van der Waals surface area (Å²) < 4.78 is 27.4. The van der Waals surface area contributed by atoms with Gasteiger partial charge in [0.05, 0.1) is 10.2 Å². The van der Waals surface area contributed by atoms with Gasteiger partial charge in [-0.2, -0.15) is 0 Å². The molecule has 1 aliphatic rings. The topological polar surface area (TPSA) is 3.24 Å². The van der Waals surface area contributed by atoms with Gasteiger partial charge in [0.1, 0.15) is 11.6 Å². The van der Waals surface area contributed by atoms with Crippen LogP contribution >= 0.6 is 15.9 Å². The molecule has 0 bridgehead atoms. The van der Waals surface area contributed by atoms with Crippen molar-refractivity contribution in [3.63, 3.8) is 0 Å². The molecule has 1 fully saturated rings. The van der Waals surface area contributed by atoms with E-state index < -0.39 is 5.82 Å². The van der Waals surface area contributed by atoms with Crippen LogP contribution in [0.1, 0.15) is 11.5 Å². The predicted octanol–water partition coefficient (Wildman–Crippen LogP) is 4.33. The number of nitrogens with zero attached hydrogens (tertiary/aromatic N) is 1. The van der Waals surface area contributed by atoms with Gasteiger partial charge in [0.25, 0.3) is 0 Å². The molecule has 98 valence electrons. The van der Waals surface area contributed by atoms with E-state index in [1.807, 2.05) is 23.1 Å². The molecule has 3 rings (SSSR count). The Labute approximate surface area is 119 Å². The number of rotatable bonds is 2. The summed E-state index contributed by atoms with van der Waals surface area (Å²) in [7, 11) is 0. The van der Waals surface area contributed by atoms with Gasteiger partial charge in [-0.05, 0) is 27.6 Å². The van der Waals surface area contributed by atoms with Gasteiger partial charge in [-0.15, -0.1) is 0 Å². The molecule has 1 saturated heterocycles. The van der Waals surface area contributed by atoms with Crippen LogP contribution in [0.5, 0.6) is 0 Å². The van der Waals surface area contributed by atoms with E-state index in [0.29, 0.717) is 11.6 Å². The van der Waals surface area contributed by atoms with Crippen LogP contribution in [0.25, 0.3) is 0 Å². The van der Waals surface area contributed by atoms with Crippen molar-refractivity contribution in [3.05, 3.63) is 64.1 Å². The molecule has 0 N–H and O–H groups in total. The minimum Gasteiger partial charge on any atom is -0.368 e. The molecule has 0 amide bonds. The Kier molecular flexibility index (Phi) is 3.27.